The maximum absolute atomic E-state index is 11.5. The molecule has 19 heavy (non-hydrogen) atoms. The Kier molecular flexibility index (Phi) is 3.67. The lowest BCUT2D eigenvalue weighted by molar-refractivity contribution is -0.384. The zero-order chi connectivity index (χ0) is 13.8. The summed E-state index contributed by atoms with van der Waals surface area (Å²) in [5.41, 5.74) is 0.508. The van der Waals surface area contributed by atoms with E-state index in [1.54, 1.807) is 12.1 Å². The van der Waals surface area contributed by atoms with Gasteiger partial charge < -0.3 is 9.72 Å². The molecule has 0 aliphatic rings. The maximum Gasteiger partial charge on any atom is 0.270 e. The molecule has 0 saturated carbocycles. The van der Waals surface area contributed by atoms with Gasteiger partial charge in [0.2, 0.25) is 0 Å². The molecule has 2 aromatic rings. The van der Waals surface area contributed by atoms with Crippen LogP contribution < -0.4 is 5.56 Å². The average Bonchev–Trinajstić information content (AvgIpc) is 2.38. The number of nitrogens with zero attached hydrogens (tertiary/aromatic N) is 2. The molecule has 0 aliphatic heterocycles. The molecule has 0 saturated heterocycles. The molecule has 0 aliphatic carbocycles. The molecular weight excluding hydrogens is 250 g/mol. The third-order valence-corrected chi connectivity index (χ3v) is 2.42. The lowest BCUT2D eigenvalue weighted by atomic mass is 10.1. The summed E-state index contributed by atoms with van der Waals surface area (Å²) in [6.07, 6.45) is 0. The van der Waals surface area contributed by atoms with Crippen molar-refractivity contribution in [2.75, 3.05) is 7.11 Å². The zero-order valence-electron chi connectivity index (χ0n) is 10.1. The molecule has 7 nitrogen and oxygen atoms in total. The largest absolute Gasteiger partial charge is 0.377 e. The van der Waals surface area contributed by atoms with Crippen LogP contribution in [0.1, 0.15) is 5.82 Å². The first-order valence-electron chi connectivity index (χ1n) is 5.44. The number of aromatic nitrogens is 2. The van der Waals surface area contributed by atoms with Crippen molar-refractivity contribution in [1.29, 1.82) is 0 Å². The number of nitro benzene ring substituents is 1. The Morgan fingerprint density at radius 2 is 2.21 bits per heavy atom. The third-order valence-electron chi connectivity index (χ3n) is 2.42. The number of nitrogens with one attached hydrogen (secondary N) is 1. The number of hydrogen-bond donors (Lipinski definition) is 1. The number of rotatable bonds is 4. The first kappa shape index (κ1) is 12.9. The fourth-order valence-electron chi connectivity index (χ4n) is 1.64. The van der Waals surface area contributed by atoms with Gasteiger partial charge in [-0.2, -0.15) is 0 Å². The molecule has 7 heteroatoms. The number of H-pyrrole nitrogens is 1. The van der Waals surface area contributed by atoms with Gasteiger partial charge >= 0.3 is 0 Å². The van der Waals surface area contributed by atoms with Crippen molar-refractivity contribution in [2.45, 2.75) is 6.61 Å². The highest BCUT2D eigenvalue weighted by Crippen LogP contribution is 2.21. The van der Waals surface area contributed by atoms with Crippen LogP contribution in [0.2, 0.25) is 0 Å². The molecule has 2 rings (SSSR count). The first-order chi connectivity index (χ1) is 9.10. The molecule has 1 aromatic carbocycles. The molecule has 1 N–H and O–H groups in total. The van der Waals surface area contributed by atoms with Crippen LogP contribution in [-0.4, -0.2) is 22.0 Å². The normalized spacial score (nSPS) is 10.4. The number of non-ortho nitro benzene ring substituents is 1. The quantitative estimate of drug-likeness (QED) is 0.664. The van der Waals surface area contributed by atoms with E-state index in [1.807, 2.05) is 0 Å². The van der Waals surface area contributed by atoms with Crippen molar-refractivity contribution in [3.05, 3.63) is 56.6 Å². The third kappa shape index (κ3) is 3.02. The van der Waals surface area contributed by atoms with Crippen molar-refractivity contribution < 1.29 is 9.66 Å². The van der Waals surface area contributed by atoms with E-state index in [1.165, 1.54) is 25.3 Å². The predicted octanol–water partition coefficient (Wildman–Crippen LogP) is 1.49. The second-order valence-electron chi connectivity index (χ2n) is 3.82. The lowest BCUT2D eigenvalue weighted by Gasteiger charge is -2.03. The van der Waals surface area contributed by atoms with Crippen LogP contribution in [0.3, 0.4) is 0 Å². The summed E-state index contributed by atoms with van der Waals surface area (Å²) in [4.78, 5) is 28.4. The zero-order valence-corrected chi connectivity index (χ0v) is 10.1. The van der Waals surface area contributed by atoms with Gasteiger partial charge in [-0.15, -0.1) is 0 Å². The van der Waals surface area contributed by atoms with Crippen LogP contribution in [0.5, 0.6) is 0 Å². The van der Waals surface area contributed by atoms with Crippen LogP contribution in [0.4, 0.5) is 5.69 Å². The molecule has 1 aromatic heterocycles. The Labute approximate surface area is 108 Å². The van der Waals surface area contributed by atoms with Crippen LogP contribution in [0.25, 0.3) is 11.3 Å². The molecule has 0 spiro atoms. The SMILES string of the molecule is COCc1nc(-c2cccc([N+](=O)[O-])c2)cc(=O)[nH]1. The van der Waals surface area contributed by atoms with Gasteiger partial charge in [0.05, 0.1) is 10.6 Å². The molecule has 0 fully saturated rings. The van der Waals surface area contributed by atoms with E-state index in [4.69, 9.17) is 4.74 Å². The van der Waals surface area contributed by atoms with Gasteiger partial charge in [-0.1, -0.05) is 12.1 Å². The summed E-state index contributed by atoms with van der Waals surface area (Å²) in [6.45, 7) is 0.165. The minimum absolute atomic E-state index is 0.0483. The minimum atomic E-state index is -0.493. The van der Waals surface area contributed by atoms with E-state index in [2.05, 4.69) is 9.97 Å². The van der Waals surface area contributed by atoms with E-state index in [-0.39, 0.29) is 17.9 Å². The summed E-state index contributed by atoms with van der Waals surface area (Å²) in [5, 5.41) is 10.7. The maximum atomic E-state index is 11.5. The fraction of sp³-hybridized carbons (Fsp3) is 0.167. The molecule has 0 amide bonds. The summed E-state index contributed by atoms with van der Waals surface area (Å²) >= 11 is 0. The summed E-state index contributed by atoms with van der Waals surface area (Å²) < 4.78 is 4.89. The van der Waals surface area contributed by atoms with E-state index in [0.29, 0.717) is 17.1 Å². The summed E-state index contributed by atoms with van der Waals surface area (Å²) in [6, 6.07) is 7.25. The van der Waals surface area contributed by atoms with Gasteiger partial charge in [0.1, 0.15) is 12.4 Å². The van der Waals surface area contributed by atoms with Crippen molar-refractivity contribution >= 4 is 5.69 Å². The number of nitro groups is 1. The van der Waals surface area contributed by atoms with Crippen LogP contribution >= 0.6 is 0 Å². The van der Waals surface area contributed by atoms with Crippen LogP contribution in [-0.2, 0) is 11.3 Å². The molecule has 1 heterocycles. The van der Waals surface area contributed by atoms with Crippen molar-refractivity contribution in [3.8, 4) is 11.3 Å². The Morgan fingerprint density at radius 1 is 1.42 bits per heavy atom. The van der Waals surface area contributed by atoms with E-state index in [9.17, 15) is 14.9 Å². The number of methoxy groups -OCH3 is 1. The highest BCUT2D eigenvalue weighted by atomic mass is 16.6. The van der Waals surface area contributed by atoms with Crippen molar-refractivity contribution in [2.24, 2.45) is 0 Å². The van der Waals surface area contributed by atoms with Crippen molar-refractivity contribution in [1.82, 2.24) is 9.97 Å². The van der Waals surface area contributed by atoms with E-state index in [0.717, 1.165) is 0 Å². The van der Waals surface area contributed by atoms with Gasteiger partial charge in [-0.3, -0.25) is 14.9 Å². The number of aromatic amines is 1. The first-order valence-corrected chi connectivity index (χ1v) is 5.44. The number of hydrogen-bond acceptors (Lipinski definition) is 5. The summed E-state index contributed by atoms with van der Waals surface area (Å²) in [5.74, 6) is 0.372. The molecule has 0 atom stereocenters. The minimum Gasteiger partial charge on any atom is -0.377 e. The summed E-state index contributed by atoms with van der Waals surface area (Å²) in [7, 11) is 1.49. The Morgan fingerprint density at radius 3 is 2.89 bits per heavy atom. The number of ether oxygens (including phenoxy) is 1. The smallest absolute Gasteiger partial charge is 0.270 e. The Hall–Kier alpha value is -2.54. The van der Waals surface area contributed by atoms with Gasteiger partial charge in [-0.05, 0) is 0 Å². The van der Waals surface area contributed by atoms with E-state index >= 15 is 0 Å². The van der Waals surface area contributed by atoms with Crippen LogP contribution in [0.15, 0.2) is 35.1 Å². The van der Waals surface area contributed by atoms with Gasteiger partial charge in [-0.25, -0.2) is 4.98 Å². The van der Waals surface area contributed by atoms with Gasteiger partial charge in [0, 0.05) is 30.9 Å². The van der Waals surface area contributed by atoms with E-state index < -0.39 is 4.92 Å². The molecule has 0 bridgehead atoms. The molecular formula is C12H11N3O4. The molecule has 98 valence electrons. The van der Waals surface area contributed by atoms with Crippen molar-refractivity contribution in [3.63, 3.8) is 0 Å². The highest BCUT2D eigenvalue weighted by Gasteiger charge is 2.09. The molecule has 0 radical (unpaired) electrons. The monoisotopic (exact) mass is 261 g/mol. The Bertz CT molecular complexity index is 666. The average molecular weight is 261 g/mol. The second kappa shape index (κ2) is 5.40. The number of benzene rings is 1. The standard InChI is InChI=1S/C12H11N3O4/c1-19-7-11-13-10(6-12(16)14-11)8-3-2-4-9(5-8)15(17)18/h2-6H,7H2,1H3,(H,13,14,16). The van der Waals surface area contributed by atoms with Crippen LogP contribution in [0, 0.1) is 10.1 Å². The molecule has 0 unspecified atom stereocenters. The Balaban J connectivity index is 2.49. The topological polar surface area (TPSA) is 98.1 Å². The predicted molar refractivity (Wildman–Crippen MR) is 67.7 cm³/mol. The lowest BCUT2D eigenvalue weighted by Crippen LogP contribution is -2.11. The fourth-order valence-corrected chi connectivity index (χ4v) is 1.64. The highest BCUT2D eigenvalue weighted by molar-refractivity contribution is 5.62. The van der Waals surface area contributed by atoms with Gasteiger partial charge in [0.25, 0.3) is 11.2 Å². The second-order valence-corrected chi connectivity index (χ2v) is 3.82. The van der Waals surface area contributed by atoms with Gasteiger partial charge in [0.15, 0.2) is 0 Å².